The van der Waals surface area contributed by atoms with E-state index in [4.69, 9.17) is 4.74 Å². The van der Waals surface area contributed by atoms with Crippen LogP contribution in [0.1, 0.15) is 126 Å². The van der Waals surface area contributed by atoms with E-state index in [1.165, 1.54) is 31.1 Å². The zero-order valence-electron chi connectivity index (χ0n) is 27.1. The van der Waals surface area contributed by atoms with Gasteiger partial charge in [-0.2, -0.15) is 0 Å². The lowest BCUT2D eigenvalue weighted by Crippen LogP contribution is -2.67. The smallest absolute Gasteiger partial charge is 0.309 e. The number of aliphatic carboxylic acids is 1. The molecule has 9 unspecified atom stereocenters. The third kappa shape index (κ3) is 4.24. The Balaban J connectivity index is 1.41. The molecule has 0 aromatic carbocycles. The van der Waals surface area contributed by atoms with Gasteiger partial charge < -0.3 is 14.6 Å². The first kappa shape index (κ1) is 30.8. The van der Waals surface area contributed by atoms with Crippen LogP contribution in [-0.4, -0.2) is 29.4 Å². The summed E-state index contributed by atoms with van der Waals surface area (Å²) in [7, 11) is 0. The third-order valence-electron chi connectivity index (χ3n) is 14.7. The maximum atomic E-state index is 12.9. The number of ether oxygens (including phenoxy) is 1. The van der Waals surface area contributed by atoms with E-state index in [0.717, 1.165) is 44.9 Å². The van der Waals surface area contributed by atoms with E-state index in [9.17, 15) is 19.5 Å². The fourth-order valence-electron chi connectivity index (χ4n) is 12.2. The summed E-state index contributed by atoms with van der Waals surface area (Å²) < 4.78 is 6.11. The highest BCUT2D eigenvalue weighted by Crippen LogP contribution is 2.77. The number of hydrogen-bond acceptors (Lipinski definition) is 4. The Labute approximate surface area is 248 Å². The van der Waals surface area contributed by atoms with E-state index >= 15 is 0 Å². The highest BCUT2D eigenvalue weighted by atomic mass is 16.5. The van der Waals surface area contributed by atoms with Gasteiger partial charge in [-0.3, -0.25) is 9.59 Å². The molecule has 5 heteroatoms. The molecule has 0 heterocycles. The van der Waals surface area contributed by atoms with Crippen LogP contribution in [0, 0.1) is 62.1 Å². The molecule has 5 aliphatic rings. The molecule has 0 bridgehead atoms. The molecule has 1 N–H and O–H groups in total. The Morgan fingerprint density at radius 1 is 0.902 bits per heavy atom. The SMILES string of the molecule is C=C(C)C1CCC2(C=O)CC[C@]3(C)C(CCC4C5(C)CCC(OC(=O)CC(C)(C)C(=O)O)C(C)(C)C5CCC43C)C12. The van der Waals surface area contributed by atoms with E-state index in [-0.39, 0.29) is 39.6 Å². The number of carboxylic acid groups (broad SMARTS) is 1. The zero-order valence-corrected chi connectivity index (χ0v) is 27.1. The van der Waals surface area contributed by atoms with E-state index in [0.29, 0.717) is 29.6 Å². The summed E-state index contributed by atoms with van der Waals surface area (Å²) in [5.41, 5.74) is 0.388. The van der Waals surface area contributed by atoms with Crippen molar-refractivity contribution in [3.05, 3.63) is 12.2 Å². The first-order valence-corrected chi connectivity index (χ1v) is 16.4. The van der Waals surface area contributed by atoms with Crippen molar-refractivity contribution in [3.63, 3.8) is 0 Å². The van der Waals surface area contributed by atoms with Crippen LogP contribution in [0.4, 0.5) is 0 Å². The van der Waals surface area contributed by atoms with Crippen molar-refractivity contribution >= 4 is 18.2 Å². The number of allylic oxidation sites excluding steroid dienone is 1. The fraction of sp³-hybridized carbons (Fsp3) is 0.861. The largest absolute Gasteiger partial charge is 0.481 e. The quantitative estimate of drug-likeness (QED) is 0.198. The Morgan fingerprint density at radius 3 is 2.20 bits per heavy atom. The van der Waals surface area contributed by atoms with Crippen molar-refractivity contribution in [2.45, 2.75) is 132 Å². The van der Waals surface area contributed by atoms with Gasteiger partial charge in [0.05, 0.1) is 11.8 Å². The Bertz CT molecular complexity index is 1120. The molecule has 230 valence electrons. The van der Waals surface area contributed by atoms with Gasteiger partial charge in [-0.25, -0.2) is 0 Å². The minimum Gasteiger partial charge on any atom is -0.481 e. The summed E-state index contributed by atoms with van der Waals surface area (Å²) in [5, 5.41) is 9.52. The van der Waals surface area contributed by atoms with Gasteiger partial charge in [0.25, 0.3) is 0 Å². The van der Waals surface area contributed by atoms with Crippen molar-refractivity contribution in [2.24, 2.45) is 62.1 Å². The molecule has 5 saturated carbocycles. The summed E-state index contributed by atoms with van der Waals surface area (Å²) in [5.74, 6) is 1.14. The molecule has 5 aliphatic carbocycles. The third-order valence-corrected chi connectivity index (χ3v) is 14.7. The number of fused-ring (bicyclic) bond motifs is 7. The van der Waals surface area contributed by atoms with Crippen LogP contribution in [0.2, 0.25) is 0 Å². The van der Waals surface area contributed by atoms with Gasteiger partial charge in [-0.05, 0) is 131 Å². The number of carbonyl (C=O) groups excluding carboxylic acids is 2. The van der Waals surface area contributed by atoms with Gasteiger partial charge in [0, 0.05) is 10.8 Å². The molecule has 0 amide bonds. The summed E-state index contributed by atoms with van der Waals surface area (Å²) in [6, 6.07) is 0. The van der Waals surface area contributed by atoms with Crippen molar-refractivity contribution in [3.8, 4) is 0 Å². The van der Waals surface area contributed by atoms with E-state index in [1.54, 1.807) is 13.8 Å². The Kier molecular flexibility index (Phi) is 7.27. The zero-order chi connectivity index (χ0) is 30.4. The monoisotopic (exact) mass is 568 g/mol. The molecule has 5 nitrogen and oxygen atoms in total. The molecule has 0 saturated heterocycles. The van der Waals surface area contributed by atoms with E-state index in [1.807, 2.05) is 0 Å². The highest BCUT2D eigenvalue weighted by Gasteiger charge is 2.71. The van der Waals surface area contributed by atoms with Crippen LogP contribution in [-0.2, 0) is 19.1 Å². The van der Waals surface area contributed by atoms with Crippen LogP contribution in [0.15, 0.2) is 12.2 Å². The average Bonchev–Trinajstić information content (AvgIpc) is 3.26. The fourth-order valence-corrected chi connectivity index (χ4v) is 12.2. The summed E-state index contributed by atoms with van der Waals surface area (Å²) in [4.78, 5) is 37.3. The number of hydrogen-bond donors (Lipinski definition) is 1. The van der Waals surface area contributed by atoms with Gasteiger partial charge in [-0.1, -0.05) is 46.8 Å². The first-order chi connectivity index (χ1) is 18.9. The lowest BCUT2D eigenvalue weighted by Gasteiger charge is -2.72. The average molecular weight is 569 g/mol. The lowest BCUT2D eigenvalue weighted by atomic mass is 9.32. The number of esters is 1. The van der Waals surface area contributed by atoms with Gasteiger partial charge in [0.1, 0.15) is 12.4 Å². The van der Waals surface area contributed by atoms with Crippen molar-refractivity contribution in [2.75, 3.05) is 0 Å². The molecule has 0 spiro atoms. The van der Waals surface area contributed by atoms with Crippen molar-refractivity contribution in [1.82, 2.24) is 0 Å². The second-order valence-corrected chi connectivity index (χ2v) is 17.2. The minimum atomic E-state index is -1.13. The molecule has 41 heavy (non-hydrogen) atoms. The van der Waals surface area contributed by atoms with E-state index < -0.39 is 17.4 Å². The molecule has 0 aliphatic heterocycles. The molecule has 5 fully saturated rings. The molecular formula is C36H56O5. The molecule has 0 radical (unpaired) electrons. The van der Waals surface area contributed by atoms with E-state index in [2.05, 4.69) is 48.1 Å². The van der Waals surface area contributed by atoms with Crippen molar-refractivity contribution < 1.29 is 24.2 Å². The number of rotatable bonds is 6. The number of aldehydes is 1. The summed E-state index contributed by atoms with van der Waals surface area (Å²) >= 11 is 0. The predicted molar refractivity (Wildman–Crippen MR) is 161 cm³/mol. The molecule has 0 aromatic rings. The molecule has 0 aromatic heterocycles. The number of carboxylic acids is 1. The standard InChI is InChI=1S/C36H56O5/c1-22(2)23-12-17-36(21-37)19-18-34(8)24(29(23)36)10-11-26-33(7)15-14-27(41-28(38)20-31(3,4)30(39)40)32(5,6)25(33)13-16-35(26,34)9/h21,23-27,29H,1,10-20H2,2-9H3,(H,39,40)/t23?,24?,25?,26?,27?,29?,33?,34-,35?,36?/m1/s1. The topological polar surface area (TPSA) is 80.7 Å². The maximum absolute atomic E-state index is 12.9. The van der Waals surface area contributed by atoms with Crippen LogP contribution >= 0.6 is 0 Å². The van der Waals surface area contributed by atoms with Gasteiger partial charge in [0.15, 0.2) is 0 Å². The second kappa shape index (κ2) is 9.68. The second-order valence-electron chi connectivity index (χ2n) is 17.2. The normalized spacial score (nSPS) is 46.7. The minimum absolute atomic E-state index is 0.105. The van der Waals surface area contributed by atoms with Crippen LogP contribution in [0.5, 0.6) is 0 Å². The first-order valence-electron chi connectivity index (χ1n) is 16.4. The van der Waals surface area contributed by atoms with Crippen LogP contribution in [0.25, 0.3) is 0 Å². The lowest BCUT2D eigenvalue weighted by molar-refractivity contribution is -0.248. The van der Waals surface area contributed by atoms with Gasteiger partial charge in [0.2, 0.25) is 0 Å². The number of carbonyl (C=O) groups is 3. The summed E-state index contributed by atoms with van der Waals surface area (Å²) in [6.07, 6.45) is 12.0. The maximum Gasteiger partial charge on any atom is 0.309 e. The van der Waals surface area contributed by atoms with Crippen molar-refractivity contribution in [1.29, 1.82) is 0 Å². The Morgan fingerprint density at radius 2 is 1.59 bits per heavy atom. The van der Waals surface area contributed by atoms with Gasteiger partial charge in [-0.15, -0.1) is 0 Å². The summed E-state index contributed by atoms with van der Waals surface area (Å²) in [6.45, 7) is 22.1. The highest BCUT2D eigenvalue weighted by molar-refractivity contribution is 5.81. The Hall–Kier alpha value is -1.65. The predicted octanol–water partition coefficient (Wildman–Crippen LogP) is 8.26. The molecular weight excluding hydrogens is 512 g/mol. The van der Waals surface area contributed by atoms with Gasteiger partial charge >= 0.3 is 11.9 Å². The molecule has 10 atom stereocenters. The van der Waals surface area contributed by atoms with Crippen LogP contribution < -0.4 is 0 Å². The molecule has 5 rings (SSSR count). The van der Waals surface area contributed by atoms with Crippen LogP contribution in [0.3, 0.4) is 0 Å².